The van der Waals surface area contributed by atoms with Gasteiger partial charge in [0.05, 0.1) is 5.41 Å². The van der Waals surface area contributed by atoms with Gasteiger partial charge in [0.15, 0.2) is 0 Å². The number of carboxylic acids is 1. The molecule has 100 valence electrons. The molecule has 0 unspecified atom stereocenters. The minimum atomic E-state index is -0.693. The molecule has 1 aromatic rings. The van der Waals surface area contributed by atoms with Crippen LogP contribution in [0.5, 0.6) is 0 Å². The van der Waals surface area contributed by atoms with Gasteiger partial charge in [-0.3, -0.25) is 4.79 Å². The van der Waals surface area contributed by atoms with Gasteiger partial charge in [0.2, 0.25) is 0 Å². The molecule has 1 N–H and O–H groups in total. The van der Waals surface area contributed by atoms with Crippen molar-refractivity contribution in [3.63, 3.8) is 0 Å². The second-order valence-corrected chi connectivity index (χ2v) is 4.64. The molecule has 0 bridgehead atoms. The number of hydrogen-bond acceptors (Lipinski definition) is 2. The Morgan fingerprint density at radius 2 is 1.72 bits per heavy atom. The number of carboxylic acid groups (broad SMARTS) is 1. The van der Waals surface area contributed by atoms with E-state index in [1.807, 2.05) is 44.2 Å². The van der Waals surface area contributed by atoms with Gasteiger partial charge in [0.25, 0.3) is 0 Å². The third-order valence-corrected chi connectivity index (χ3v) is 3.80. The fourth-order valence-electron chi connectivity index (χ4n) is 2.23. The number of carbonyl (C=O) groups is 1. The molecule has 0 heterocycles. The quantitative estimate of drug-likeness (QED) is 0.805. The standard InChI is InChI=1S/C15H23NO2/c1-4-15(5-2,14(17)18)12-16(6-3)13-10-8-7-9-11-13/h7-11H,4-6,12H2,1-3H3,(H,17,18). The number of aliphatic carboxylic acids is 1. The van der Waals surface area contributed by atoms with Crippen molar-refractivity contribution in [1.82, 2.24) is 0 Å². The maximum Gasteiger partial charge on any atom is 0.311 e. The normalized spacial score (nSPS) is 11.3. The van der Waals surface area contributed by atoms with Crippen molar-refractivity contribution in [2.45, 2.75) is 33.6 Å². The summed E-state index contributed by atoms with van der Waals surface area (Å²) in [6, 6.07) is 10.0. The third-order valence-electron chi connectivity index (χ3n) is 3.80. The molecule has 0 aliphatic carbocycles. The summed E-state index contributed by atoms with van der Waals surface area (Å²) in [5.41, 5.74) is 0.443. The van der Waals surface area contributed by atoms with Crippen LogP contribution in [0.1, 0.15) is 33.6 Å². The van der Waals surface area contributed by atoms with E-state index in [1.54, 1.807) is 0 Å². The van der Waals surface area contributed by atoms with E-state index in [-0.39, 0.29) is 0 Å². The Labute approximate surface area is 109 Å². The van der Waals surface area contributed by atoms with Crippen LogP contribution in [0, 0.1) is 5.41 Å². The summed E-state index contributed by atoms with van der Waals surface area (Å²) >= 11 is 0. The first kappa shape index (κ1) is 14.6. The summed E-state index contributed by atoms with van der Waals surface area (Å²) in [4.78, 5) is 13.7. The van der Waals surface area contributed by atoms with Crippen LogP contribution >= 0.6 is 0 Å². The molecule has 0 radical (unpaired) electrons. The first-order valence-electron chi connectivity index (χ1n) is 6.63. The van der Waals surface area contributed by atoms with Crippen molar-refractivity contribution >= 4 is 11.7 Å². The van der Waals surface area contributed by atoms with Gasteiger partial charge in [-0.05, 0) is 31.9 Å². The minimum absolute atomic E-state index is 0.565. The molecule has 0 aromatic heterocycles. The number of nitrogens with zero attached hydrogens (tertiary/aromatic N) is 1. The Morgan fingerprint density at radius 1 is 1.17 bits per heavy atom. The van der Waals surface area contributed by atoms with Crippen LogP contribution in [0.15, 0.2) is 30.3 Å². The molecule has 0 saturated heterocycles. The minimum Gasteiger partial charge on any atom is -0.481 e. The molecule has 18 heavy (non-hydrogen) atoms. The molecule has 3 heteroatoms. The lowest BCUT2D eigenvalue weighted by Gasteiger charge is -2.34. The van der Waals surface area contributed by atoms with Crippen molar-refractivity contribution in [3.8, 4) is 0 Å². The Bertz CT molecular complexity index is 371. The van der Waals surface area contributed by atoms with Crippen molar-refractivity contribution in [3.05, 3.63) is 30.3 Å². The Morgan fingerprint density at radius 3 is 2.11 bits per heavy atom. The summed E-state index contributed by atoms with van der Waals surface area (Å²) in [5, 5.41) is 9.49. The highest BCUT2D eigenvalue weighted by Crippen LogP contribution is 2.30. The number of rotatable bonds is 7. The molecule has 0 aliphatic heterocycles. The van der Waals surface area contributed by atoms with E-state index in [0.29, 0.717) is 19.4 Å². The van der Waals surface area contributed by atoms with Crippen LogP contribution in [-0.2, 0) is 4.79 Å². The van der Waals surface area contributed by atoms with Gasteiger partial charge in [-0.1, -0.05) is 32.0 Å². The van der Waals surface area contributed by atoms with Crippen LogP contribution in [0.25, 0.3) is 0 Å². The second-order valence-electron chi connectivity index (χ2n) is 4.64. The predicted octanol–water partition coefficient (Wildman–Crippen LogP) is 3.40. The second kappa shape index (κ2) is 6.43. The van der Waals surface area contributed by atoms with Crippen LogP contribution in [0.3, 0.4) is 0 Å². The van der Waals surface area contributed by atoms with Gasteiger partial charge in [-0.15, -0.1) is 0 Å². The Hall–Kier alpha value is -1.51. The van der Waals surface area contributed by atoms with Crippen molar-refractivity contribution in [2.75, 3.05) is 18.0 Å². The Balaban J connectivity index is 2.94. The summed E-state index contributed by atoms with van der Waals surface area (Å²) < 4.78 is 0. The maximum absolute atomic E-state index is 11.5. The first-order chi connectivity index (χ1) is 8.59. The average Bonchev–Trinajstić information content (AvgIpc) is 2.41. The van der Waals surface area contributed by atoms with E-state index in [1.165, 1.54) is 0 Å². The van der Waals surface area contributed by atoms with E-state index < -0.39 is 11.4 Å². The topological polar surface area (TPSA) is 40.5 Å². The summed E-state index contributed by atoms with van der Waals surface area (Å²) in [6.45, 7) is 7.35. The smallest absolute Gasteiger partial charge is 0.311 e. The molecule has 3 nitrogen and oxygen atoms in total. The monoisotopic (exact) mass is 249 g/mol. The number of hydrogen-bond donors (Lipinski definition) is 1. The summed E-state index contributed by atoms with van der Waals surface area (Å²) in [5.74, 6) is -0.693. The van der Waals surface area contributed by atoms with Crippen LogP contribution in [-0.4, -0.2) is 24.2 Å². The molecule has 0 atom stereocenters. The number of anilines is 1. The van der Waals surface area contributed by atoms with Gasteiger partial charge in [-0.2, -0.15) is 0 Å². The third kappa shape index (κ3) is 3.03. The fourth-order valence-corrected chi connectivity index (χ4v) is 2.23. The van der Waals surface area contributed by atoms with Crippen molar-refractivity contribution in [1.29, 1.82) is 0 Å². The van der Waals surface area contributed by atoms with Crippen LogP contribution in [0.4, 0.5) is 5.69 Å². The highest BCUT2D eigenvalue weighted by atomic mass is 16.4. The molecule has 1 aromatic carbocycles. The largest absolute Gasteiger partial charge is 0.481 e. The number of benzene rings is 1. The molecule has 0 amide bonds. The van der Waals surface area contributed by atoms with Crippen molar-refractivity contribution in [2.24, 2.45) is 5.41 Å². The van der Waals surface area contributed by atoms with Gasteiger partial charge in [-0.25, -0.2) is 0 Å². The maximum atomic E-state index is 11.5. The molecular formula is C15H23NO2. The SMILES string of the molecule is CCN(CC(CC)(CC)C(=O)O)c1ccccc1. The van der Waals surface area contributed by atoms with E-state index in [9.17, 15) is 9.90 Å². The first-order valence-corrected chi connectivity index (χ1v) is 6.63. The predicted molar refractivity (Wildman–Crippen MR) is 75.0 cm³/mol. The van der Waals surface area contributed by atoms with E-state index in [0.717, 1.165) is 12.2 Å². The zero-order valence-corrected chi connectivity index (χ0v) is 11.5. The molecule has 0 aliphatic rings. The fraction of sp³-hybridized carbons (Fsp3) is 0.533. The highest BCUT2D eigenvalue weighted by molar-refractivity contribution is 5.75. The highest BCUT2D eigenvalue weighted by Gasteiger charge is 2.36. The molecule has 1 rings (SSSR count). The van der Waals surface area contributed by atoms with Crippen molar-refractivity contribution < 1.29 is 9.90 Å². The lowest BCUT2D eigenvalue weighted by Crippen LogP contribution is -2.42. The van der Waals surface area contributed by atoms with E-state index in [2.05, 4.69) is 11.8 Å². The van der Waals surface area contributed by atoms with Crippen LogP contribution < -0.4 is 4.90 Å². The Kier molecular flexibility index (Phi) is 5.20. The molecule has 0 spiro atoms. The lowest BCUT2D eigenvalue weighted by molar-refractivity contribution is -0.148. The van der Waals surface area contributed by atoms with E-state index >= 15 is 0 Å². The molecule has 0 saturated carbocycles. The molecule has 0 fully saturated rings. The zero-order valence-electron chi connectivity index (χ0n) is 11.5. The van der Waals surface area contributed by atoms with Gasteiger partial charge < -0.3 is 10.0 Å². The van der Waals surface area contributed by atoms with Gasteiger partial charge >= 0.3 is 5.97 Å². The molecular weight excluding hydrogens is 226 g/mol. The van der Waals surface area contributed by atoms with Crippen LogP contribution in [0.2, 0.25) is 0 Å². The zero-order chi connectivity index (χ0) is 13.6. The lowest BCUT2D eigenvalue weighted by atomic mass is 9.81. The number of para-hydroxylation sites is 1. The summed E-state index contributed by atoms with van der Waals surface area (Å²) in [6.07, 6.45) is 1.31. The average molecular weight is 249 g/mol. The van der Waals surface area contributed by atoms with E-state index in [4.69, 9.17) is 0 Å². The van der Waals surface area contributed by atoms with Gasteiger partial charge in [0.1, 0.15) is 0 Å². The van der Waals surface area contributed by atoms with Gasteiger partial charge in [0, 0.05) is 18.8 Å². The summed E-state index contributed by atoms with van der Waals surface area (Å²) in [7, 11) is 0.